The minimum Gasteiger partial charge on any atom is -0.356 e. The lowest BCUT2D eigenvalue weighted by atomic mass is 10.1. The maximum absolute atomic E-state index is 11.0. The number of rotatable bonds is 7. The molecule has 0 aliphatic rings. The second-order valence-corrected chi connectivity index (χ2v) is 6.61. The quantitative estimate of drug-likeness (QED) is 0.349. The predicted octanol–water partition coefficient (Wildman–Crippen LogP) is 3.20. The van der Waals surface area contributed by atoms with Crippen molar-refractivity contribution in [3.05, 3.63) is 62.3 Å². The van der Waals surface area contributed by atoms with Gasteiger partial charge in [0.05, 0.1) is 4.92 Å². The van der Waals surface area contributed by atoms with Crippen LogP contribution in [-0.2, 0) is 13.0 Å². The molecule has 6 nitrogen and oxygen atoms in total. The molecule has 0 radical (unpaired) electrons. The molecule has 2 N–H and O–H groups in total. The zero-order chi connectivity index (χ0) is 17.4. The molecule has 24 heavy (non-hydrogen) atoms. The standard InChI is InChI=1S/C17H22N4O2S/c1-13(10-15-7-5-9-24-15)11-19-17(18-2)20-12-14-6-3-4-8-16(14)21(22)23/h3-9,13H,10-12H2,1-2H3,(H2,18,19,20). The van der Waals surface area contributed by atoms with Crippen molar-refractivity contribution in [2.24, 2.45) is 10.9 Å². The van der Waals surface area contributed by atoms with Crippen LogP contribution < -0.4 is 10.6 Å². The van der Waals surface area contributed by atoms with E-state index in [2.05, 4.69) is 40.1 Å². The zero-order valence-corrected chi connectivity index (χ0v) is 14.7. The van der Waals surface area contributed by atoms with Crippen molar-refractivity contribution in [3.8, 4) is 0 Å². The molecule has 2 rings (SSSR count). The topological polar surface area (TPSA) is 79.6 Å². The maximum Gasteiger partial charge on any atom is 0.274 e. The van der Waals surface area contributed by atoms with Gasteiger partial charge >= 0.3 is 0 Å². The van der Waals surface area contributed by atoms with Gasteiger partial charge in [0.2, 0.25) is 0 Å². The number of para-hydroxylation sites is 1. The van der Waals surface area contributed by atoms with Crippen LogP contribution in [0.25, 0.3) is 0 Å². The second-order valence-electron chi connectivity index (χ2n) is 5.58. The summed E-state index contributed by atoms with van der Waals surface area (Å²) < 4.78 is 0. The van der Waals surface area contributed by atoms with E-state index in [1.54, 1.807) is 36.6 Å². The SMILES string of the molecule is CN=C(NCc1ccccc1[N+](=O)[O-])NCC(C)Cc1cccs1. The summed E-state index contributed by atoms with van der Waals surface area (Å²) >= 11 is 1.77. The van der Waals surface area contributed by atoms with Gasteiger partial charge in [-0.2, -0.15) is 0 Å². The number of nitrogens with one attached hydrogen (secondary N) is 2. The molecule has 1 heterocycles. The van der Waals surface area contributed by atoms with Crippen molar-refractivity contribution in [2.45, 2.75) is 19.9 Å². The summed E-state index contributed by atoms with van der Waals surface area (Å²) in [6, 6.07) is 10.9. The first-order valence-electron chi connectivity index (χ1n) is 7.79. The van der Waals surface area contributed by atoms with Crippen molar-refractivity contribution in [1.29, 1.82) is 0 Å². The van der Waals surface area contributed by atoms with Gasteiger partial charge in [0.25, 0.3) is 5.69 Å². The molecular weight excluding hydrogens is 324 g/mol. The third kappa shape index (κ3) is 5.34. The largest absolute Gasteiger partial charge is 0.356 e. The van der Waals surface area contributed by atoms with Gasteiger partial charge in [-0.3, -0.25) is 15.1 Å². The molecule has 0 saturated heterocycles. The Bertz CT molecular complexity index is 686. The number of guanidine groups is 1. The van der Waals surface area contributed by atoms with Crippen molar-refractivity contribution in [3.63, 3.8) is 0 Å². The van der Waals surface area contributed by atoms with E-state index in [1.807, 2.05) is 0 Å². The monoisotopic (exact) mass is 346 g/mol. The Balaban J connectivity index is 1.83. The van der Waals surface area contributed by atoms with Gasteiger partial charge < -0.3 is 10.6 Å². The number of benzene rings is 1. The molecule has 0 aliphatic heterocycles. The summed E-state index contributed by atoms with van der Waals surface area (Å²) in [7, 11) is 1.69. The highest BCUT2D eigenvalue weighted by atomic mass is 32.1. The highest BCUT2D eigenvalue weighted by molar-refractivity contribution is 7.09. The molecule has 0 saturated carbocycles. The van der Waals surface area contributed by atoms with Crippen LogP contribution in [0.4, 0.5) is 5.69 Å². The van der Waals surface area contributed by atoms with E-state index < -0.39 is 0 Å². The lowest BCUT2D eigenvalue weighted by Crippen LogP contribution is -2.39. The van der Waals surface area contributed by atoms with Gasteiger partial charge in [0.15, 0.2) is 5.96 Å². The van der Waals surface area contributed by atoms with Crippen LogP contribution in [0.5, 0.6) is 0 Å². The lowest BCUT2D eigenvalue weighted by molar-refractivity contribution is -0.385. The lowest BCUT2D eigenvalue weighted by Gasteiger charge is -2.15. The van der Waals surface area contributed by atoms with Gasteiger partial charge in [0.1, 0.15) is 0 Å². The Hall–Kier alpha value is -2.41. The van der Waals surface area contributed by atoms with Gasteiger partial charge in [-0.05, 0) is 23.8 Å². The molecule has 0 aliphatic carbocycles. The Kier molecular flexibility index (Phi) is 6.74. The molecule has 2 aromatic rings. The Morgan fingerprint density at radius 1 is 1.29 bits per heavy atom. The Labute approximate surface area is 145 Å². The summed E-state index contributed by atoms with van der Waals surface area (Å²) in [5.41, 5.74) is 0.753. The van der Waals surface area contributed by atoms with E-state index in [9.17, 15) is 10.1 Å². The van der Waals surface area contributed by atoms with Crippen LogP contribution in [0.3, 0.4) is 0 Å². The third-order valence-corrected chi connectivity index (χ3v) is 4.50. The van der Waals surface area contributed by atoms with E-state index in [-0.39, 0.29) is 10.6 Å². The molecule has 7 heteroatoms. The Morgan fingerprint density at radius 2 is 2.08 bits per heavy atom. The van der Waals surface area contributed by atoms with E-state index in [1.165, 1.54) is 10.9 Å². The fourth-order valence-corrected chi connectivity index (χ4v) is 3.22. The van der Waals surface area contributed by atoms with E-state index >= 15 is 0 Å². The molecule has 0 spiro atoms. The summed E-state index contributed by atoms with van der Waals surface area (Å²) in [5.74, 6) is 1.11. The predicted molar refractivity (Wildman–Crippen MR) is 98.5 cm³/mol. The van der Waals surface area contributed by atoms with Crippen molar-refractivity contribution in [1.82, 2.24) is 10.6 Å². The number of nitrogens with zero attached hydrogens (tertiary/aromatic N) is 2. The molecule has 1 aromatic heterocycles. The minimum atomic E-state index is -0.365. The van der Waals surface area contributed by atoms with Crippen LogP contribution in [0.15, 0.2) is 46.8 Å². The van der Waals surface area contributed by atoms with E-state index in [0.29, 0.717) is 24.0 Å². The first kappa shape index (κ1) is 17.9. The first-order valence-corrected chi connectivity index (χ1v) is 8.67. The van der Waals surface area contributed by atoms with Crippen LogP contribution in [-0.4, -0.2) is 24.5 Å². The minimum absolute atomic E-state index is 0.117. The van der Waals surface area contributed by atoms with Crippen LogP contribution >= 0.6 is 11.3 Å². The number of nitro benzene ring substituents is 1. The van der Waals surface area contributed by atoms with E-state index in [0.717, 1.165) is 13.0 Å². The summed E-state index contributed by atoms with van der Waals surface area (Å²) in [4.78, 5) is 16.2. The molecule has 0 amide bonds. The summed E-state index contributed by atoms with van der Waals surface area (Å²) in [6.45, 7) is 3.33. The van der Waals surface area contributed by atoms with E-state index in [4.69, 9.17) is 0 Å². The molecular formula is C17H22N4O2S. The fourth-order valence-electron chi connectivity index (χ4n) is 2.35. The summed E-state index contributed by atoms with van der Waals surface area (Å²) in [5, 5.41) is 19.5. The normalized spacial score (nSPS) is 12.7. The van der Waals surface area contributed by atoms with Crippen LogP contribution in [0.1, 0.15) is 17.4 Å². The molecule has 1 unspecified atom stereocenters. The number of thiophene rings is 1. The van der Waals surface area contributed by atoms with Gasteiger partial charge in [-0.15, -0.1) is 11.3 Å². The average Bonchev–Trinajstić information content (AvgIpc) is 3.08. The third-order valence-electron chi connectivity index (χ3n) is 3.61. The average molecular weight is 346 g/mol. The molecule has 0 fully saturated rings. The number of aliphatic imine (C=N–C) groups is 1. The van der Waals surface area contributed by atoms with Crippen LogP contribution in [0.2, 0.25) is 0 Å². The molecule has 128 valence electrons. The van der Waals surface area contributed by atoms with Gasteiger partial charge in [-0.1, -0.05) is 31.2 Å². The molecule has 0 bridgehead atoms. The van der Waals surface area contributed by atoms with Crippen LogP contribution in [0, 0.1) is 16.0 Å². The fraction of sp³-hybridized carbons (Fsp3) is 0.353. The first-order chi connectivity index (χ1) is 11.6. The zero-order valence-electron chi connectivity index (χ0n) is 13.9. The highest BCUT2D eigenvalue weighted by Gasteiger charge is 2.12. The number of hydrogen-bond donors (Lipinski definition) is 2. The maximum atomic E-state index is 11.0. The van der Waals surface area contributed by atoms with Crippen molar-refractivity contribution < 1.29 is 4.92 Å². The van der Waals surface area contributed by atoms with Gasteiger partial charge in [-0.25, -0.2) is 0 Å². The van der Waals surface area contributed by atoms with Crippen molar-refractivity contribution in [2.75, 3.05) is 13.6 Å². The van der Waals surface area contributed by atoms with Crippen molar-refractivity contribution >= 4 is 23.0 Å². The smallest absolute Gasteiger partial charge is 0.274 e. The Morgan fingerprint density at radius 3 is 2.75 bits per heavy atom. The molecule has 1 atom stereocenters. The number of nitro groups is 1. The highest BCUT2D eigenvalue weighted by Crippen LogP contribution is 2.17. The van der Waals surface area contributed by atoms with Gasteiger partial charge in [0, 0.05) is 36.6 Å². The second kappa shape index (κ2) is 9.02. The number of hydrogen-bond acceptors (Lipinski definition) is 4. The summed E-state index contributed by atoms with van der Waals surface area (Å²) in [6.07, 6.45) is 1.02. The molecule has 1 aromatic carbocycles.